The Hall–Kier alpha value is -1.26. The van der Waals surface area contributed by atoms with Crippen molar-refractivity contribution >= 4 is 11.9 Å². The Morgan fingerprint density at radius 2 is 2.06 bits per heavy atom. The number of carbonyl (C=O) groups excluding carboxylic acids is 1. The fraction of sp³-hybridized carbons (Fsp3) is 0.818. The van der Waals surface area contributed by atoms with E-state index in [0.717, 1.165) is 19.4 Å². The molecular weight excluding hydrogens is 204 g/mol. The highest BCUT2D eigenvalue weighted by Crippen LogP contribution is 2.14. The van der Waals surface area contributed by atoms with E-state index in [-0.39, 0.29) is 5.91 Å². The van der Waals surface area contributed by atoms with Gasteiger partial charge in [0.1, 0.15) is 0 Å². The lowest BCUT2D eigenvalue weighted by atomic mass is 9.93. The van der Waals surface area contributed by atoms with Gasteiger partial charge in [0.25, 0.3) is 0 Å². The van der Waals surface area contributed by atoms with Gasteiger partial charge in [-0.05, 0) is 20.3 Å². The van der Waals surface area contributed by atoms with Crippen molar-refractivity contribution in [3.05, 3.63) is 0 Å². The van der Waals surface area contributed by atoms with Crippen molar-refractivity contribution in [3.8, 4) is 0 Å². The van der Waals surface area contributed by atoms with E-state index in [1.165, 1.54) is 0 Å². The number of nitrogens with one attached hydrogen (secondary N) is 2. The molecule has 1 amide bonds. The van der Waals surface area contributed by atoms with Gasteiger partial charge in [-0.25, -0.2) is 0 Å². The smallest absolute Gasteiger partial charge is 0.227 e. The van der Waals surface area contributed by atoms with Crippen LogP contribution in [-0.4, -0.2) is 32.0 Å². The van der Waals surface area contributed by atoms with E-state index in [0.29, 0.717) is 12.5 Å². The normalized spacial score (nSPS) is 12.4. The van der Waals surface area contributed by atoms with E-state index >= 15 is 0 Å². The molecule has 0 unspecified atom stereocenters. The minimum atomic E-state index is -0.522. The van der Waals surface area contributed by atoms with Crippen molar-refractivity contribution in [2.75, 3.05) is 20.1 Å². The van der Waals surface area contributed by atoms with E-state index in [4.69, 9.17) is 5.73 Å². The SMILES string of the molecule is CCCCNC(N)=NCC(C)(C)C(=O)NC. The Morgan fingerprint density at radius 1 is 1.44 bits per heavy atom. The molecule has 0 bridgehead atoms. The lowest BCUT2D eigenvalue weighted by Gasteiger charge is -2.20. The molecule has 16 heavy (non-hydrogen) atoms. The van der Waals surface area contributed by atoms with Crippen LogP contribution in [0, 0.1) is 5.41 Å². The molecule has 0 heterocycles. The van der Waals surface area contributed by atoms with Crippen molar-refractivity contribution in [2.24, 2.45) is 16.1 Å². The number of nitrogens with two attached hydrogens (primary N) is 1. The zero-order chi connectivity index (χ0) is 12.6. The molecule has 5 heteroatoms. The molecule has 0 aliphatic rings. The molecule has 0 saturated heterocycles. The topological polar surface area (TPSA) is 79.5 Å². The molecule has 0 aromatic rings. The summed E-state index contributed by atoms with van der Waals surface area (Å²) in [4.78, 5) is 15.6. The first-order chi connectivity index (χ1) is 7.44. The number of unbranched alkanes of at least 4 members (excludes halogenated alkanes) is 1. The molecule has 0 saturated carbocycles. The van der Waals surface area contributed by atoms with Crippen LogP contribution < -0.4 is 16.4 Å². The zero-order valence-corrected chi connectivity index (χ0v) is 10.8. The Labute approximate surface area is 97.9 Å². The minimum Gasteiger partial charge on any atom is -0.370 e. The molecule has 0 spiro atoms. The lowest BCUT2D eigenvalue weighted by Crippen LogP contribution is -2.39. The van der Waals surface area contributed by atoms with E-state index < -0.39 is 5.41 Å². The molecule has 94 valence electrons. The number of amides is 1. The number of aliphatic imine (C=N–C) groups is 1. The third-order valence-corrected chi connectivity index (χ3v) is 2.32. The van der Waals surface area contributed by atoms with Crippen LogP contribution in [0.2, 0.25) is 0 Å². The number of hydrogen-bond acceptors (Lipinski definition) is 2. The highest BCUT2D eigenvalue weighted by Gasteiger charge is 2.26. The van der Waals surface area contributed by atoms with Crippen molar-refractivity contribution in [1.29, 1.82) is 0 Å². The predicted molar refractivity (Wildman–Crippen MR) is 67.2 cm³/mol. The third kappa shape index (κ3) is 5.58. The van der Waals surface area contributed by atoms with Gasteiger partial charge in [0.05, 0.1) is 12.0 Å². The largest absolute Gasteiger partial charge is 0.370 e. The van der Waals surface area contributed by atoms with E-state index in [9.17, 15) is 4.79 Å². The molecule has 0 atom stereocenters. The number of nitrogens with zero attached hydrogens (tertiary/aromatic N) is 1. The van der Waals surface area contributed by atoms with Crippen molar-refractivity contribution in [3.63, 3.8) is 0 Å². The number of guanidine groups is 1. The average Bonchev–Trinajstić information content (AvgIpc) is 2.25. The fourth-order valence-electron chi connectivity index (χ4n) is 1.14. The van der Waals surface area contributed by atoms with Gasteiger partial charge in [0.2, 0.25) is 5.91 Å². The Balaban J connectivity index is 4.09. The second kappa shape index (κ2) is 7.09. The van der Waals surface area contributed by atoms with Gasteiger partial charge in [-0.3, -0.25) is 9.79 Å². The highest BCUT2D eigenvalue weighted by molar-refractivity contribution is 5.83. The fourth-order valence-corrected chi connectivity index (χ4v) is 1.14. The van der Waals surface area contributed by atoms with Crippen molar-refractivity contribution in [2.45, 2.75) is 33.6 Å². The maximum absolute atomic E-state index is 11.5. The van der Waals surface area contributed by atoms with Crippen LogP contribution in [0.3, 0.4) is 0 Å². The summed E-state index contributed by atoms with van der Waals surface area (Å²) in [7, 11) is 1.62. The molecule has 0 aliphatic heterocycles. The molecule has 0 aromatic carbocycles. The van der Waals surface area contributed by atoms with Gasteiger partial charge in [-0.1, -0.05) is 13.3 Å². The second-order valence-corrected chi connectivity index (χ2v) is 4.44. The molecular formula is C11H24N4O. The zero-order valence-electron chi connectivity index (χ0n) is 10.8. The van der Waals surface area contributed by atoms with Gasteiger partial charge in [0.15, 0.2) is 5.96 Å². The molecule has 0 aromatic heterocycles. The maximum atomic E-state index is 11.5. The van der Waals surface area contributed by atoms with Gasteiger partial charge < -0.3 is 16.4 Å². The first-order valence-electron chi connectivity index (χ1n) is 5.70. The van der Waals surface area contributed by atoms with Crippen LogP contribution in [0.25, 0.3) is 0 Å². The summed E-state index contributed by atoms with van der Waals surface area (Å²) in [6.45, 7) is 7.01. The van der Waals surface area contributed by atoms with Gasteiger partial charge >= 0.3 is 0 Å². The monoisotopic (exact) mass is 228 g/mol. The standard InChI is InChI=1S/C11H24N4O/c1-5-6-7-14-10(12)15-8-11(2,3)9(16)13-4/h5-8H2,1-4H3,(H,13,16)(H3,12,14,15). The Bertz CT molecular complexity index is 248. The summed E-state index contributed by atoms with van der Waals surface area (Å²) in [5.74, 6) is 0.378. The predicted octanol–water partition coefficient (Wildman–Crippen LogP) is 0.463. The van der Waals surface area contributed by atoms with Crippen LogP contribution in [0.1, 0.15) is 33.6 Å². The van der Waals surface area contributed by atoms with E-state index in [2.05, 4.69) is 22.5 Å². The highest BCUT2D eigenvalue weighted by atomic mass is 16.2. The molecule has 0 fully saturated rings. The van der Waals surface area contributed by atoms with Crippen molar-refractivity contribution in [1.82, 2.24) is 10.6 Å². The average molecular weight is 228 g/mol. The second-order valence-electron chi connectivity index (χ2n) is 4.44. The van der Waals surface area contributed by atoms with Crippen LogP contribution in [0.5, 0.6) is 0 Å². The molecule has 0 radical (unpaired) electrons. The van der Waals surface area contributed by atoms with Gasteiger partial charge in [-0.2, -0.15) is 0 Å². The first kappa shape index (κ1) is 14.7. The van der Waals surface area contributed by atoms with E-state index in [1.807, 2.05) is 13.8 Å². The third-order valence-electron chi connectivity index (χ3n) is 2.32. The summed E-state index contributed by atoms with van der Waals surface area (Å²) in [5.41, 5.74) is 5.15. The molecule has 5 nitrogen and oxygen atoms in total. The van der Waals surface area contributed by atoms with Gasteiger partial charge in [-0.15, -0.1) is 0 Å². The van der Waals surface area contributed by atoms with Crippen LogP contribution >= 0.6 is 0 Å². The van der Waals surface area contributed by atoms with Crippen LogP contribution in [0.4, 0.5) is 0 Å². The molecule has 0 aliphatic carbocycles. The summed E-state index contributed by atoms with van der Waals surface area (Å²) >= 11 is 0. The van der Waals surface area contributed by atoms with E-state index in [1.54, 1.807) is 7.05 Å². The number of carbonyl (C=O) groups is 1. The number of rotatable bonds is 6. The Morgan fingerprint density at radius 3 is 2.56 bits per heavy atom. The minimum absolute atomic E-state index is 0.0300. The quantitative estimate of drug-likeness (QED) is 0.351. The first-order valence-corrected chi connectivity index (χ1v) is 5.70. The maximum Gasteiger partial charge on any atom is 0.227 e. The Kier molecular flexibility index (Phi) is 6.53. The molecule has 0 rings (SSSR count). The molecule has 4 N–H and O–H groups in total. The number of hydrogen-bond donors (Lipinski definition) is 3. The van der Waals surface area contributed by atoms with Crippen LogP contribution in [0.15, 0.2) is 4.99 Å². The van der Waals surface area contributed by atoms with Crippen LogP contribution in [-0.2, 0) is 4.79 Å². The lowest BCUT2D eigenvalue weighted by molar-refractivity contribution is -0.128. The van der Waals surface area contributed by atoms with Gasteiger partial charge in [0, 0.05) is 13.6 Å². The van der Waals surface area contributed by atoms with Crippen molar-refractivity contribution < 1.29 is 4.79 Å². The summed E-state index contributed by atoms with van der Waals surface area (Å²) in [6, 6.07) is 0. The summed E-state index contributed by atoms with van der Waals surface area (Å²) < 4.78 is 0. The summed E-state index contributed by atoms with van der Waals surface area (Å²) in [6.07, 6.45) is 2.18. The summed E-state index contributed by atoms with van der Waals surface area (Å²) in [5, 5.41) is 5.62.